The van der Waals surface area contributed by atoms with Crippen LogP contribution in [0.15, 0.2) is 23.3 Å². The van der Waals surface area contributed by atoms with Crippen LogP contribution < -0.4 is 15.4 Å². The molecular formula is C20H35IN4O2. The molecule has 0 aromatic carbocycles. The highest BCUT2D eigenvalue weighted by molar-refractivity contribution is 14.0. The van der Waals surface area contributed by atoms with Crippen LogP contribution in [-0.2, 0) is 11.3 Å². The number of aliphatic imine (C=N–C) groups is 1. The van der Waals surface area contributed by atoms with Crippen molar-refractivity contribution in [2.45, 2.75) is 58.6 Å². The second-order valence-electron chi connectivity index (χ2n) is 7.20. The Morgan fingerprint density at radius 1 is 1.30 bits per heavy atom. The smallest absolute Gasteiger partial charge is 0.213 e. The van der Waals surface area contributed by atoms with Crippen molar-refractivity contribution in [3.05, 3.63) is 23.9 Å². The Morgan fingerprint density at radius 2 is 2.07 bits per heavy atom. The number of guanidine groups is 1. The fourth-order valence-electron chi connectivity index (χ4n) is 2.91. The highest BCUT2D eigenvalue weighted by Crippen LogP contribution is 2.23. The number of pyridine rings is 1. The average molecular weight is 490 g/mol. The van der Waals surface area contributed by atoms with Crippen molar-refractivity contribution in [2.75, 3.05) is 26.8 Å². The summed E-state index contributed by atoms with van der Waals surface area (Å²) in [7, 11) is 1.78. The SMILES string of the molecule is CN=C(NCCCOCC(C)C)NCc1ccnc(OC2CCCC2)c1.I. The maximum absolute atomic E-state index is 5.97. The average Bonchev–Trinajstić information content (AvgIpc) is 3.13. The van der Waals surface area contributed by atoms with E-state index >= 15 is 0 Å². The Hall–Kier alpha value is -1.09. The number of halogens is 1. The lowest BCUT2D eigenvalue weighted by Crippen LogP contribution is -2.37. The minimum absolute atomic E-state index is 0. The molecule has 7 heteroatoms. The standard InChI is InChI=1S/C20H34N4O2.HI/c1-16(2)15-25-12-6-10-23-20(21-3)24-14-17-9-11-22-19(13-17)26-18-7-4-5-8-18;/h9,11,13,16,18H,4-8,10,12,14-15H2,1-3H3,(H2,21,23,24);1H. The molecule has 0 unspecified atom stereocenters. The molecule has 6 nitrogen and oxygen atoms in total. The van der Waals surface area contributed by atoms with Crippen LogP contribution in [0.4, 0.5) is 0 Å². The van der Waals surface area contributed by atoms with Crippen LogP contribution in [0, 0.1) is 5.92 Å². The first-order chi connectivity index (χ1) is 12.7. The van der Waals surface area contributed by atoms with E-state index in [1.54, 1.807) is 7.05 Å². The molecule has 1 aromatic heterocycles. The van der Waals surface area contributed by atoms with E-state index in [2.05, 4.69) is 34.5 Å². The van der Waals surface area contributed by atoms with Gasteiger partial charge in [-0.05, 0) is 49.7 Å². The van der Waals surface area contributed by atoms with Crippen molar-refractivity contribution in [3.8, 4) is 5.88 Å². The Kier molecular flexibility index (Phi) is 12.4. The van der Waals surface area contributed by atoms with Crippen LogP contribution in [0.1, 0.15) is 51.5 Å². The van der Waals surface area contributed by atoms with Gasteiger partial charge in [-0.1, -0.05) is 13.8 Å². The van der Waals surface area contributed by atoms with Crippen LogP contribution in [0.25, 0.3) is 0 Å². The zero-order valence-corrected chi connectivity index (χ0v) is 19.2. The second-order valence-corrected chi connectivity index (χ2v) is 7.20. The van der Waals surface area contributed by atoms with Crippen molar-refractivity contribution >= 4 is 29.9 Å². The third kappa shape index (κ3) is 10.1. The van der Waals surface area contributed by atoms with Gasteiger partial charge < -0.3 is 20.1 Å². The molecule has 0 aliphatic heterocycles. The summed E-state index contributed by atoms with van der Waals surface area (Å²) in [5.41, 5.74) is 1.14. The molecule has 2 N–H and O–H groups in total. The molecule has 1 aromatic rings. The summed E-state index contributed by atoms with van der Waals surface area (Å²) >= 11 is 0. The molecule has 154 valence electrons. The molecule has 0 atom stereocenters. The number of rotatable bonds is 10. The number of nitrogens with zero attached hydrogens (tertiary/aromatic N) is 2. The molecular weight excluding hydrogens is 455 g/mol. The maximum Gasteiger partial charge on any atom is 0.213 e. The van der Waals surface area contributed by atoms with Gasteiger partial charge >= 0.3 is 0 Å². The van der Waals surface area contributed by atoms with Gasteiger partial charge in [-0.3, -0.25) is 4.99 Å². The highest BCUT2D eigenvalue weighted by Gasteiger charge is 2.17. The Morgan fingerprint density at radius 3 is 2.78 bits per heavy atom. The van der Waals surface area contributed by atoms with Gasteiger partial charge in [0.15, 0.2) is 5.96 Å². The fraction of sp³-hybridized carbons (Fsp3) is 0.700. The van der Waals surface area contributed by atoms with Crippen LogP contribution in [0.5, 0.6) is 5.88 Å². The van der Waals surface area contributed by atoms with Crippen molar-refractivity contribution in [1.29, 1.82) is 0 Å². The summed E-state index contributed by atoms with van der Waals surface area (Å²) < 4.78 is 11.6. The Bertz CT molecular complexity index is 549. The van der Waals surface area contributed by atoms with Gasteiger partial charge in [0.25, 0.3) is 0 Å². The van der Waals surface area contributed by atoms with Gasteiger partial charge in [-0.25, -0.2) is 4.98 Å². The normalized spacial score (nSPS) is 14.9. The van der Waals surface area contributed by atoms with Crippen molar-refractivity contribution in [2.24, 2.45) is 10.9 Å². The van der Waals surface area contributed by atoms with Crippen LogP contribution in [-0.4, -0.2) is 43.9 Å². The number of ether oxygens (including phenoxy) is 2. The first-order valence-corrected chi connectivity index (χ1v) is 9.81. The van der Waals surface area contributed by atoms with Gasteiger partial charge in [-0.15, -0.1) is 24.0 Å². The Labute approximate surface area is 180 Å². The molecule has 1 heterocycles. The number of hydrogen-bond donors (Lipinski definition) is 2. The molecule has 1 aliphatic carbocycles. The monoisotopic (exact) mass is 490 g/mol. The van der Waals surface area contributed by atoms with Crippen LogP contribution >= 0.6 is 24.0 Å². The number of hydrogen-bond acceptors (Lipinski definition) is 4. The van der Waals surface area contributed by atoms with E-state index in [9.17, 15) is 0 Å². The van der Waals surface area contributed by atoms with Crippen LogP contribution in [0.2, 0.25) is 0 Å². The second kappa shape index (κ2) is 14.0. The van der Waals surface area contributed by atoms with E-state index in [1.165, 1.54) is 12.8 Å². The molecule has 0 saturated heterocycles. The molecule has 0 spiro atoms. The first-order valence-electron chi connectivity index (χ1n) is 9.81. The lowest BCUT2D eigenvalue weighted by Gasteiger charge is -2.14. The third-order valence-electron chi connectivity index (χ3n) is 4.28. The maximum atomic E-state index is 5.97. The fourth-order valence-corrected chi connectivity index (χ4v) is 2.91. The van der Waals surface area contributed by atoms with E-state index in [0.717, 1.165) is 56.4 Å². The van der Waals surface area contributed by atoms with Crippen molar-refractivity contribution < 1.29 is 9.47 Å². The lowest BCUT2D eigenvalue weighted by atomic mass is 10.2. The quantitative estimate of drug-likeness (QED) is 0.226. The highest BCUT2D eigenvalue weighted by atomic mass is 127. The molecule has 27 heavy (non-hydrogen) atoms. The molecule has 0 bridgehead atoms. The minimum atomic E-state index is 0. The topological polar surface area (TPSA) is 67.8 Å². The van der Waals surface area contributed by atoms with E-state index < -0.39 is 0 Å². The summed E-state index contributed by atoms with van der Waals surface area (Å²) in [6, 6.07) is 4.01. The molecule has 2 rings (SSSR count). The van der Waals surface area contributed by atoms with Gasteiger partial charge in [0, 0.05) is 45.6 Å². The van der Waals surface area contributed by atoms with E-state index in [4.69, 9.17) is 9.47 Å². The number of aromatic nitrogens is 1. The van der Waals surface area contributed by atoms with Crippen molar-refractivity contribution in [1.82, 2.24) is 15.6 Å². The zero-order chi connectivity index (χ0) is 18.6. The molecule has 0 amide bonds. The third-order valence-corrected chi connectivity index (χ3v) is 4.28. The van der Waals surface area contributed by atoms with Gasteiger partial charge in [-0.2, -0.15) is 0 Å². The van der Waals surface area contributed by atoms with Gasteiger partial charge in [0.1, 0.15) is 6.10 Å². The van der Waals surface area contributed by atoms with Crippen molar-refractivity contribution in [3.63, 3.8) is 0 Å². The van der Waals surface area contributed by atoms with E-state index in [0.29, 0.717) is 18.6 Å². The van der Waals surface area contributed by atoms with Crippen LogP contribution in [0.3, 0.4) is 0 Å². The summed E-state index contributed by atoms with van der Waals surface area (Å²) in [6.45, 7) is 7.44. The summed E-state index contributed by atoms with van der Waals surface area (Å²) in [5.74, 6) is 2.10. The van der Waals surface area contributed by atoms with Gasteiger partial charge in [0.05, 0.1) is 0 Å². The summed E-state index contributed by atoms with van der Waals surface area (Å²) in [6.07, 6.45) is 7.90. The van der Waals surface area contributed by atoms with Gasteiger partial charge in [0.2, 0.25) is 5.88 Å². The predicted octanol–water partition coefficient (Wildman–Crippen LogP) is 3.75. The molecule has 1 fully saturated rings. The lowest BCUT2D eigenvalue weighted by molar-refractivity contribution is 0.108. The molecule has 0 radical (unpaired) electrons. The first kappa shape index (κ1) is 23.9. The Balaban J connectivity index is 0.00000364. The zero-order valence-electron chi connectivity index (χ0n) is 16.9. The largest absolute Gasteiger partial charge is 0.474 e. The minimum Gasteiger partial charge on any atom is -0.474 e. The summed E-state index contributed by atoms with van der Waals surface area (Å²) in [5, 5.41) is 6.64. The number of nitrogens with one attached hydrogen (secondary N) is 2. The van der Waals surface area contributed by atoms with E-state index in [1.807, 2.05) is 18.3 Å². The van der Waals surface area contributed by atoms with E-state index in [-0.39, 0.29) is 24.0 Å². The molecule has 1 aliphatic rings. The molecule has 1 saturated carbocycles. The predicted molar refractivity (Wildman–Crippen MR) is 121 cm³/mol. The summed E-state index contributed by atoms with van der Waals surface area (Å²) in [4.78, 5) is 8.59.